The number of aliphatic hydroxyl groups excluding tert-OH is 1. The summed E-state index contributed by atoms with van der Waals surface area (Å²) in [5.41, 5.74) is 0. The largest absolute Gasteiger partial charge is 0.396 e. The van der Waals surface area contributed by atoms with Crippen molar-refractivity contribution < 1.29 is 5.11 Å². The molecule has 0 spiro atoms. The minimum atomic E-state index is 0.294. The van der Waals surface area contributed by atoms with E-state index in [9.17, 15) is 0 Å². The molecule has 0 atom stereocenters. The molecule has 18 heavy (non-hydrogen) atoms. The second-order valence-corrected chi connectivity index (χ2v) is 4.71. The maximum Gasteiger partial charge on any atom is 0.191 e. The summed E-state index contributed by atoms with van der Waals surface area (Å²) < 4.78 is 0. The van der Waals surface area contributed by atoms with Crippen LogP contribution >= 0.6 is 11.8 Å². The highest BCUT2D eigenvalue weighted by Gasteiger charge is 2.02. The van der Waals surface area contributed by atoms with Crippen molar-refractivity contribution in [3.05, 3.63) is 6.07 Å². The Kier molecular flexibility index (Phi) is 7.52. The predicted molar refractivity (Wildman–Crippen MR) is 77.4 cm³/mol. The Balaban J connectivity index is 2.36. The second kappa shape index (κ2) is 8.99. The molecule has 5 nitrogen and oxygen atoms in total. The number of nitrogens with one attached hydrogen (secondary N) is 2. The summed E-state index contributed by atoms with van der Waals surface area (Å²) in [7, 11) is 1.85. The molecular weight excluding hydrogens is 248 g/mol. The third kappa shape index (κ3) is 5.55. The molecule has 0 amide bonds. The lowest BCUT2D eigenvalue weighted by Crippen LogP contribution is -2.06. The van der Waals surface area contributed by atoms with Gasteiger partial charge in [-0.2, -0.15) is 0 Å². The van der Waals surface area contributed by atoms with Crippen LogP contribution in [0.15, 0.2) is 11.2 Å². The minimum Gasteiger partial charge on any atom is -0.396 e. The van der Waals surface area contributed by atoms with Gasteiger partial charge in [0.2, 0.25) is 0 Å². The second-order valence-electron chi connectivity index (χ2n) is 3.94. The molecule has 0 aliphatic heterocycles. The summed E-state index contributed by atoms with van der Waals surface area (Å²) in [6, 6.07) is 1.91. The van der Waals surface area contributed by atoms with Gasteiger partial charge in [0.25, 0.3) is 0 Å². The molecule has 1 heterocycles. The van der Waals surface area contributed by atoms with Gasteiger partial charge in [-0.1, -0.05) is 24.6 Å². The Labute approximate surface area is 113 Å². The van der Waals surface area contributed by atoms with Crippen molar-refractivity contribution >= 4 is 23.4 Å². The molecule has 0 radical (unpaired) electrons. The number of aliphatic hydroxyl groups is 1. The van der Waals surface area contributed by atoms with Crippen LogP contribution in [-0.2, 0) is 0 Å². The third-order valence-corrected chi connectivity index (χ3v) is 3.08. The van der Waals surface area contributed by atoms with Crippen molar-refractivity contribution in [2.75, 3.05) is 37.1 Å². The molecule has 0 bridgehead atoms. The fourth-order valence-electron chi connectivity index (χ4n) is 1.54. The average molecular weight is 270 g/mol. The molecule has 0 saturated carbocycles. The molecule has 6 heteroatoms. The standard InChI is InChI=1S/C12H22N4OS/c1-13-10-9-11(16-12(15-10)18-2)14-7-5-3-4-6-8-17/h9,17H,3-8H2,1-2H3,(H2,13,14,15,16). The lowest BCUT2D eigenvalue weighted by molar-refractivity contribution is 0.283. The zero-order chi connectivity index (χ0) is 13.2. The molecule has 0 aliphatic rings. The molecular formula is C12H22N4OS. The smallest absolute Gasteiger partial charge is 0.191 e. The van der Waals surface area contributed by atoms with E-state index in [0.717, 1.165) is 49.0 Å². The molecule has 0 unspecified atom stereocenters. The van der Waals surface area contributed by atoms with E-state index in [1.807, 2.05) is 19.4 Å². The first-order valence-electron chi connectivity index (χ1n) is 6.25. The van der Waals surface area contributed by atoms with E-state index in [0.29, 0.717) is 6.61 Å². The monoisotopic (exact) mass is 270 g/mol. The van der Waals surface area contributed by atoms with E-state index in [-0.39, 0.29) is 0 Å². The van der Waals surface area contributed by atoms with Crippen molar-refractivity contribution in [3.8, 4) is 0 Å². The quantitative estimate of drug-likeness (QED) is 0.363. The summed E-state index contributed by atoms with van der Waals surface area (Å²) in [5, 5.41) is 15.8. The van der Waals surface area contributed by atoms with Crippen LogP contribution in [-0.4, -0.2) is 41.5 Å². The number of hydrogen-bond acceptors (Lipinski definition) is 6. The minimum absolute atomic E-state index is 0.294. The number of rotatable bonds is 9. The zero-order valence-electron chi connectivity index (χ0n) is 11.1. The van der Waals surface area contributed by atoms with E-state index in [1.165, 1.54) is 11.8 Å². The van der Waals surface area contributed by atoms with Crippen molar-refractivity contribution in [3.63, 3.8) is 0 Å². The summed E-state index contributed by atoms with van der Waals surface area (Å²) in [6.07, 6.45) is 6.17. The lowest BCUT2D eigenvalue weighted by atomic mass is 10.2. The summed E-state index contributed by atoms with van der Waals surface area (Å²) >= 11 is 1.53. The first-order chi connectivity index (χ1) is 8.80. The van der Waals surface area contributed by atoms with Crippen molar-refractivity contribution in [2.45, 2.75) is 30.8 Å². The number of hydrogen-bond donors (Lipinski definition) is 3. The van der Waals surface area contributed by atoms with Crippen LogP contribution in [0.1, 0.15) is 25.7 Å². The van der Waals surface area contributed by atoms with Crippen LogP contribution in [0.2, 0.25) is 0 Å². The highest BCUT2D eigenvalue weighted by Crippen LogP contribution is 2.16. The number of thioether (sulfide) groups is 1. The van der Waals surface area contributed by atoms with Gasteiger partial charge in [0.05, 0.1) is 0 Å². The maximum atomic E-state index is 8.67. The van der Waals surface area contributed by atoms with Crippen LogP contribution < -0.4 is 10.6 Å². The Bertz CT molecular complexity index is 327. The number of aromatic nitrogens is 2. The van der Waals surface area contributed by atoms with Crippen molar-refractivity contribution in [1.82, 2.24) is 9.97 Å². The van der Waals surface area contributed by atoms with Crippen LogP contribution in [0.5, 0.6) is 0 Å². The molecule has 0 aromatic carbocycles. The summed E-state index contributed by atoms with van der Waals surface area (Å²) in [5.74, 6) is 1.69. The molecule has 0 fully saturated rings. The molecule has 102 valence electrons. The highest BCUT2D eigenvalue weighted by atomic mass is 32.2. The van der Waals surface area contributed by atoms with E-state index < -0.39 is 0 Å². The Morgan fingerprint density at radius 3 is 2.56 bits per heavy atom. The fraction of sp³-hybridized carbons (Fsp3) is 0.667. The molecule has 0 aliphatic carbocycles. The summed E-state index contributed by atoms with van der Waals surface area (Å²) in [4.78, 5) is 8.71. The average Bonchev–Trinajstić information content (AvgIpc) is 2.42. The number of anilines is 2. The van der Waals surface area contributed by atoms with Crippen LogP contribution in [0.25, 0.3) is 0 Å². The van der Waals surface area contributed by atoms with Gasteiger partial charge in [0.1, 0.15) is 11.6 Å². The Morgan fingerprint density at radius 2 is 1.89 bits per heavy atom. The van der Waals surface area contributed by atoms with E-state index in [4.69, 9.17) is 5.11 Å². The van der Waals surface area contributed by atoms with Gasteiger partial charge in [-0.05, 0) is 19.1 Å². The highest BCUT2D eigenvalue weighted by molar-refractivity contribution is 7.98. The van der Waals surface area contributed by atoms with E-state index in [1.54, 1.807) is 0 Å². The Hall–Kier alpha value is -1.01. The van der Waals surface area contributed by atoms with Gasteiger partial charge in [0, 0.05) is 26.3 Å². The van der Waals surface area contributed by atoms with Gasteiger partial charge < -0.3 is 15.7 Å². The predicted octanol–water partition coefficient (Wildman–Crippen LogP) is 2.20. The van der Waals surface area contributed by atoms with Gasteiger partial charge in [-0.3, -0.25) is 0 Å². The molecule has 3 N–H and O–H groups in total. The number of unbranched alkanes of at least 4 members (excludes halogenated alkanes) is 3. The topological polar surface area (TPSA) is 70.1 Å². The first kappa shape index (κ1) is 15.0. The van der Waals surface area contributed by atoms with Gasteiger partial charge >= 0.3 is 0 Å². The lowest BCUT2D eigenvalue weighted by Gasteiger charge is -2.08. The molecule has 1 aromatic heterocycles. The molecule has 1 aromatic rings. The maximum absolute atomic E-state index is 8.67. The van der Waals surface area contributed by atoms with Crippen molar-refractivity contribution in [1.29, 1.82) is 0 Å². The van der Waals surface area contributed by atoms with Gasteiger partial charge in [-0.25, -0.2) is 9.97 Å². The summed E-state index contributed by atoms with van der Waals surface area (Å²) in [6.45, 7) is 1.20. The fourth-order valence-corrected chi connectivity index (χ4v) is 1.92. The zero-order valence-corrected chi connectivity index (χ0v) is 11.9. The number of nitrogens with zero attached hydrogens (tertiary/aromatic N) is 2. The third-order valence-electron chi connectivity index (χ3n) is 2.54. The normalized spacial score (nSPS) is 10.4. The molecule has 1 rings (SSSR count). The first-order valence-corrected chi connectivity index (χ1v) is 7.48. The van der Waals surface area contributed by atoms with Crippen LogP contribution in [0.4, 0.5) is 11.6 Å². The Morgan fingerprint density at radius 1 is 1.17 bits per heavy atom. The van der Waals surface area contributed by atoms with Gasteiger partial charge in [-0.15, -0.1) is 0 Å². The van der Waals surface area contributed by atoms with Crippen molar-refractivity contribution in [2.24, 2.45) is 0 Å². The SMILES string of the molecule is CNc1cc(NCCCCCCO)nc(SC)n1. The van der Waals surface area contributed by atoms with Gasteiger partial charge in [0.15, 0.2) is 5.16 Å². The van der Waals surface area contributed by atoms with E-state index >= 15 is 0 Å². The van der Waals surface area contributed by atoms with Crippen LogP contribution in [0.3, 0.4) is 0 Å². The molecule has 0 saturated heterocycles. The van der Waals surface area contributed by atoms with Crippen LogP contribution in [0, 0.1) is 0 Å². The van der Waals surface area contributed by atoms with E-state index in [2.05, 4.69) is 20.6 Å².